The Morgan fingerprint density at radius 1 is 1.19 bits per heavy atom. The molecule has 0 atom stereocenters. The van der Waals surface area contributed by atoms with Gasteiger partial charge in [0.15, 0.2) is 0 Å². The van der Waals surface area contributed by atoms with Crippen LogP contribution in [0.5, 0.6) is 0 Å². The highest BCUT2D eigenvalue weighted by atomic mass is 14.7. The summed E-state index contributed by atoms with van der Waals surface area (Å²) in [5.41, 5.74) is 8.42. The van der Waals surface area contributed by atoms with E-state index in [-0.39, 0.29) is 5.54 Å². The molecule has 0 spiro atoms. The monoisotopic (exact) mass is 214 g/mol. The Hall–Kier alpha value is -1.41. The molecular formula is C14H18N2. The summed E-state index contributed by atoms with van der Waals surface area (Å²) < 4.78 is 0. The number of hydrogen-bond acceptors (Lipinski definition) is 2. The molecule has 0 radical (unpaired) electrons. The van der Waals surface area contributed by atoms with Gasteiger partial charge in [-0.3, -0.25) is 4.98 Å². The van der Waals surface area contributed by atoms with Crippen molar-refractivity contribution in [3.05, 3.63) is 42.1 Å². The van der Waals surface area contributed by atoms with Crippen molar-refractivity contribution >= 4 is 10.9 Å². The smallest absolute Gasteiger partial charge is 0.0702 e. The van der Waals surface area contributed by atoms with Gasteiger partial charge in [0.25, 0.3) is 0 Å². The van der Waals surface area contributed by atoms with E-state index < -0.39 is 0 Å². The summed E-state index contributed by atoms with van der Waals surface area (Å²) >= 11 is 0. The second kappa shape index (κ2) is 4.22. The number of aromatic nitrogens is 1. The second-order valence-corrected chi connectivity index (χ2v) is 4.27. The minimum atomic E-state index is -0.204. The maximum absolute atomic E-state index is 6.39. The first kappa shape index (κ1) is 11.1. The zero-order valence-electron chi connectivity index (χ0n) is 9.90. The van der Waals surface area contributed by atoms with Gasteiger partial charge >= 0.3 is 0 Å². The number of nitrogens with zero attached hydrogens (tertiary/aromatic N) is 1. The van der Waals surface area contributed by atoms with Crippen LogP contribution in [0.25, 0.3) is 10.9 Å². The Kier molecular flexibility index (Phi) is 2.92. The van der Waals surface area contributed by atoms with E-state index in [2.05, 4.69) is 43.1 Å². The highest BCUT2D eigenvalue weighted by Crippen LogP contribution is 2.27. The minimum absolute atomic E-state index is 0.204. The quantitative estimate of drug-likeness (QED) is 0.852. The van der Waals surface area contributed by atoms with Crippen LogP contribution in [0.1, 0.15) is 32.3 Å². The van der Waals surface area contributed by atoms with Crippen LogP contribution in [-0.2, 0) is 5.54 Å². The van der Waals surface area contributed by atoms with Gasteiger partial charge in [-0.2, -0.15) is 0 Å². The lowest BCUT2D eigenvalue weighted by atomic mass is 9.85. The lowest BCUT2D eigenvalue weighted by molar-refractivity contribution is 0.413. The summed E-state index contributed by atoms with van der Waals surface area (Å²) in [5.74, 6) is 0. The lowest BCUT2D eigenvalue weighted by Gasteiger charge is -2.27. The topological polar surface area (TPSA) is 38.9 Å². The first-order valence-electron chi connectivity index (χ1n) is 5.84. The normalized spacial score (nSPS) is 11.9. The molecule has 2 rings (SSSR count). The van der Waals surface area contributed by atoms with Crippen molar-refractivity contribution in [2.24, 2.45) is 5.73 Å². The number of fused-ring (bicyclic) bond motifs is 1. The van der Waals surface area contributed by atoms with Crippen LogP contribution >= 0.6 is 0 Å². The fourth-order valence-electron chi connectivity index (χ4n) is 2.04. The summed E-state index contributed by atoms with van der Waals surface area (Å²) in [6.07, 6.45) is 3.72. The first-order chi connectivity index (χ1) is 7.69. The standard InChI is InChI=1S/C14H18N2/c1-3-14(15,4-2)12-7-8-13-11(10-12)6-5-9-16-13/h5-10H,3-4,15H2,1-2H3. The maximum atomic E-state index is 6.39. The molecule has 0 saturated carbocycles. The number of nitrogens with two attached hydrogens (primary N) is 1. The third-order valence-corrected chi connectivity index (χ3v) is 3.44. The van der Waals surface area contributed by atoms with Crippen molar-refractivity contribution in [2.45, 2.75) is 32.2 Å². The van der Waals surface area contributed by atoms with Crippen LogP contribution in [0.2, 0.25) is 0 Å². The molecule has 0 saturated heterocycles. The minimum Gasteiger partial charge on any atom is -0.321 e. The van der Waals surface area contributed by atoms with Crippen LogP contribution in [0.15, 0.2) is 36.5 Å². The first-order valence-corrected chi connectivity index (χ1v) is 5.84. The molecule has 1 aromatic heterocycles. The van der Waals surface area contributed by atoms with Gasteiger partial charge in [-0.05, 0) is 36.6 Å². The SMILES string of the molecule is CCC(N)(CC)c1ccc2ncccc2c1. The van der Waals surface area contributed by atoms with E-state index >= 15 is 0 Å². The van der Waals surface area contributed by atoms with Crippen LogP contribution in [0.4, 0.5) is 0 Å². The van der Waals surface area contributed by atoms with E-state index in [1.165, 1.54) is 5.56 Å². The molecule has 16 heavy (non-hydrogen) atoms. The van der Waals surface area contributed by atoms with Gasteiger partial charge < -0.3 is 5.73 Å². The number of benzene rings is 1. The van der Waals surface area contributed by atoms with Gasteiger partial charge in [0.05, 0.1) is 5.52 Å². The van der Waals surface area contributed by atoms with E-state index in [1.807, 2.05) is 12.3 Å². The Morgan fingerprint density at radius 2 is 1.94 bits per heavy atom. The lowest BCUT2D eigenvalue weighted by Crippen LogP contribution is -2.34. The van der Waals surface area contributed by atoms with Gasteiger partial charge in [-0.15, -0.1) is 0 Å². The molecule has 0 aliphatic rings. The molecule has 0 bridgehead atoms. The molecule has 2 nitrogen and oxygen atoms in total. The Labute approximate surface area is 96.5 Å². The van der Waals surface area contributed by atoms with Gasteiger partial charge in [-0.25, -0.2) is 0 Å². The fourth-order valence-corrected chi connectivity index (χ4v) is 2.04. The Morgan fingerprint density at radius 3 is 2.62 bits per heavy atom. The van der Waals surface area contributed by atoms with Crippen molar-refractivity contribution < 1.29 is 0 Å². The highest BCUT2D eigenvalue weighted by molar-refractivity contribution is 5.79. The van der Waals surface area contributed by atoms with Gasteiger partial charge in [0.1, 0.15) is 0 Å². The van der Waals surface area contributed by atoms with Crippen molar-refractivity contribution in [2.75, 3.05) is 0 Å². The zero-order valence-corrected chi connectivity index (χ0v) is 9.90. The summed E-state index contributed by atoms with van der Waals surface area (Å²) in [6, 6.07) is 10.4. The third-order valence-electron chi connectivity index (χ3n) is 3.44. The molecule has 0 unspecified atom stereocenters. The molecule has 0 aliphatic carbocycles. The van der Waals surface area contributed by atoms with Crippen molar-refractivity contribution in [3.8, 4) is 0 Å². The second-order valence-electron chi connectivity index (χ2n) is 4.27. The molecule has 2 heteroatoms. The van der Waals surface area contributed by atoms with Gasteiger partial charge in [0.2, 0.25) is 0 Å². The van der Waals surface area contributed by atoms with Crippen LogP contribution < -0.4 is 5.73 Å². The summed E-state index contributed by atoms with van der Waals surface area (Å²) in [4.78, 5) is 4.32. The third kappa shape index (κ3) is 1.81. The molecule has 2 aromatic rings. The van der Waals surface area contributed by atoms with E-state index in [9.17, 15) is 0 Å². The average molecular weight is 214 g/mol. The van der Waals surface area contributed by atoms with E-state index in [1.54, 1.807) is 0 Å². The molecule has 2 N–H and O–H groups in total. The molecule has 1 heterocycles. The predicted octanol–water partition coefficient (Wildman–Crippen LogP) is 3.21. The van der Waals surface area contributed by atoms with Crippen LogP contribution in [-0.4, -0.2) is 4.98 Å². The molecule has 84 valence electrons. The van der Waals surface area contributed by atoms with Gasteiger partial charge in [-0.1, -0.05) is 26.0 Å². The number of hydrogen-bond donors (Lipinski definition) is 1. The molecule has 0 amide bonds. The molecule has 0 fully saturated rings. The summed E-state index contributed by atoms with van der Waals surface area (Å²) in [6.45, 7) is 4.27. The maximum Gasteiger partial charge on any atom is 0.0702 e. The highest BCUT2D eigenvalue weighted by Gasteiger charge is 2.22. The van der Waals surface area contributed by atoms with E-state index in [4.69, 9.17) is 5.73 Å². The summed E-state index contributed by atoms with van der Waals surface area (Å²) in [5, 5.41) is 1.16. The Balaban J connectivity index is 2.54. The van der Waals surface area contributed by atoms with Crippen molar-refractivity contribution in [1.82, 2.24) is 4.98 Å². The van der Waals surface area contributed by atoms with Crippen molar-refractivity contribution in [1.29, 1.82) is 0 Å². The molecular weight excluding hydrogens is 196 g/mol. The van der Waals surface area contributed by atoms with Crippen LogP contribution in [0, 0.1) is 0 Å². The van der Waals surface area contributed by atoms with Crippen LogP contribution in [0.3, 0.4) is 0 Å². The average Bonchev–Trinajstić information content (AvgIpc) is 2.37. The fraction of sp³-hybridized carbons (Fsp3) is 0.357. The predicted molar refractivity (Wildman–Crippen MR) is 68.2 cm³/mol. The van der Waals surface area contributed by atoms with E-state index in [0.29, 0.717) is 0 Å². The zero-order chi connectivity index (χ0) is 11.6. The number of pyridine rings is 1. The molecule has 0 aliphatic heterocycles. The molecule has 1 aromatic carbocycles. The number of rotatable bonds is 3. The Bertz CT molecular complexity index is 487. The summed E-state index contributed by atoms with van der Waals surface area (Å²) in [7, 11) is 0. The largest absolute Gasteiger partial charge is 0.321 e. The van der Waals surface area contributed by atoms with Gasteiger partial charge in [0, 0.05) is 17.1 Å². The van der Waals surface area contributed by atoms with Crippen molar-refractivity contribution in [3.63, 3.8) is 0 Å². The van der Waals surface area contributed by atoms with E-state index in [0.717, 1.165) is 23.7 Å².